The second-order valence-corrected chi connectivity index (χ2v) is 11.9. The van der Waals surface area contributed by atoms with Crippen molar-refractivity contribution in [3.8, 4) is 17.4 Å². The maximum absolute atomic E-state index is 14.5. The summed E-state index contributed by atoms with van der Waals surface area (Å²) in [5.74, 6) is -0.275. The second kappa shape index (κ2) is 13.5. The molecule has 228 valence electrons. The predicted molar refractivity (Wildman–Crippen MR) is 155 cm³/mol. The number of allylic oxidation sites excluding steroid dienone is 1. The number of rotatable bonds is 15. The van der Waals surface area contributed by atoms with Gasteiger partial charge in [-0.2, -0.15) is 14.6 Å². The molecule has 2 unspecified atom stereocenters. The molecule has 1 aliphatic carbocycles. The molecule has 2 aromatic heterocycles. The van der Waals surface area contributed by atoms with Crippen LogP contribution in [0, 0.1) is 5.92 Å². The van der Waals surface area contributed by atoms with Crippen molar-refractivity contribution in [2.75, 3.05) is 39.8 Å². The number of benzene rings is 1. The van der Waals surface area contributed by atoms with Crippen LogP contribution in [0.25, 0.3) is 11.2 Å². The number of carboxylic acids is 1. The highest BCUT2D eigenvalue weighted by Crippen LogP contribution is 2.55. The van der Waals surface area contributed by atoms with E-state index in [0.717, 1.165) is 0 Å². The Morgan fingerprint density at radius 3 is 2.64 bits per heavy atom. The summed E-state index contributed by atoms with van der Waals surface area (Å²) < 4.78 is 45.6. The maximum atomic E-state index is 14.5. The van der Waals surface area contributed by atoms with Gasteiger partial charge in [0.05, 0.1) is 32.7 Å². The molecule has 1 aromatic carbocycles. The molecule has 15 heteroatoms. The third kappa shape index (κ3) is 7.01. The summed E-state index contributed by atoms with van der Waals surface area (Å²) >= 11 is 0. The molecule has 0 aliphatic heterocycles. The van der Waals surface area contributed by atoms with E-state index in [1.165, 1.54) is 18.7 Å². The topological polar surface area (TPSA) is 173 Å². The summed E-state index contributed by atoms with van der Waals surface area (Å²) in [5.41, 5.74) is 6.88. The van der Waals surface area contributed by atoms with Crippen molar-refractivity contribution in [1.29, 1.82) is 0 Å². The standard InChI is InChI=1S/C27H37N6O8P/c1-17(2)33(18(3)26(34)35)42(36,41-22-8-6-7-21(14-22)39-12-11-37-4)40-15-19-9-10-20(13-19)32-16-29-23-24(32)30-27(28)31-25(23)38-5/h6-10,14,16-20H,11-13,15H2,1-5H3,(H,34,35)(H2,28,30,31)/t18?,19-,20+,42?/m1/s1. The van der Waals surface area contributed by atoms with E-state index in [-0.39, 0.29) is 36.1 Å². The summed E-state index contributed by atoms with van der Waals surface area (Å²) in [7, 11) is -1.14. The smallest absolute Gasteiger partial charge is 0.462 e. The predicted octanol–water partition coefficient (Wildman–Crippen LogP) is 3.95. The average molecular weight is 605 g/mol. The number of hydrogen-bond donors (Lipinski definition) is 2. The van der Waals surface area contributed by atoms with Crippen LogP contribution in [0.3, 0.4) is 0 Å². The Kier molecular flexibility index (Phi) is 10.0. The number of aromatic nitrogens is 4. The van der Waals surface area contributed by atoms with E-state index in [4.69, 9.17) is 29.0 Å². The van der Waals surface area contributed by atoms with Crippen LogP contribution >= 0.6 is 7.75 Å². The molecule has 0 fully saturated rings. The molecule has 0 amide bonds. The van der Waals surface area contributed by atoms with Crippen LogP contribution in [-0.2, 0) is 18.6 Å². The first kappa shape index (κ1) is 31.2. The fourth-order valence-electron chi connectivity index (χ4n) is 4.76. The summed E-state index contributed by atoms with van der Waals surface area (Å²) in [5, 5.41) is 9.81. The zero-order valence-corrected chi connectivity index (χ0v) is 25.1. The van der Waals surface area contributed by atoms with E-state index in [1.807, 2.05) is 16.7 Å². The van der Waals surface area contributed by atoms with Crippen LogP contribution < -0.4 is 19.7 Å². The van der Waals surface area contributed by atoms with Gasteiger partial charge < -0.3 is 34.1 Å². The van der Waals surface area contributed by atoms with E-state index in [0.29, 0.717) is 36.5 Å². The number of carboxylic acid groups (broad SMARTS) is 1. The van der Waals surface area contributed by atoms with Gasteiger partial charge in [-0.25, -0.2) is 9.55 Å². The molecular formula is C27H37N6O8P. The second-order valence-electron chi connectivity index (χ2n) is 10.0. The molecule has 42 heavy (non-hydrogen) atoms. The van der Waals surface area contributed by atoms with Crippen molar-refractivity contribution in [2.24, 2.45) is 5.92 Å². The minimum absolute atomic E-state index is 0.0109. The summed E-state index contributed by atoms with van der Waals surface area (Å²) in [6.07, 6.45) is 6.15. The number of carbonyl (C=O) groups is 1. The lowest BCUT2D eigenvalue weighted by molar-refractivity contribution is -0.141. The fraction of sp³-hybridized carbons (Fsp3) is 0.481. The number of nitrogens with two attached hydrogens (primary N) is 1. The monoisotopic (exact) mass is 604 g/mol. The van der Waals surface area contributed by atoms with Gasteiger partial charge in [-0.05, 0) is 39.3 Å². The highest BCUT2D eigenvalue weighted by molar-refractivity contribution is 7.51. The number of ether oxygens (including phenoxy) is 3. The van der Waals surface area contributed by atoms with Crippen molar-refractivity contribution < 1.29 is 37.7 Å². The van der Waals surface area contributed by atoms with Crippen LogP contribution in [0.2, 0.25) is 0 Å². The molecule has 0 saturated heterocycles. The number of imidazole rings is 1. The number of anilines is 1. The Morgan fingerprint density at radius 1 is 1.19 bits per heavy atom. The number of nitrogen functional groups attached to an aromatic ring is 1. The zero-order chi connectivity index (χ0) is 30.4. The normalized spacial score (nSPS) is 18.8. The molecule has 0 bridgehead atoms. The molecular weight excluding hydrogens is 567 g/mol. The SMILES string of the molecule is COCCOc1cccc(OP(=O)(OC[C@@H]2C=C[C@H](n3cnc4c(OC)nc(N)nc43)C2)N(C(C)C)C(C)C(=O)O)c1. The molecule has 14 nitrogen and oxygen atoms in total. The van der Waals surface area contributed by atoms with Gasteiger partial charge in [0.1, 0.15) is 24.1 Å². The van der Waals surface area contributed by atoms with Crippen LogP contribution in [-0.4, -0.2) is 81.4 Å². The minimum Gasteiger partial charge on any atom is -0.491 e. The summed E-state index contributed by atoms with van der Waals surface area (Å²) in [6.45, 7) is 5.64. The van der Waals surface area contributed by atoms with Crippen molar-refractivity contribution >= 4 is 30.8 Å². The first-order valence-electron chi connectivity index (χ1n) is 13.5. The van der Waals surface area contributed by atoms with Gasteiger partial charge in [0.15, 0.2) is 11.2 Å². The Morgan fingerprint density at radius 2 is 1.95 bits per heavy atom. The molecule has 3 aromatic rings. The summed E-state index contributed by atoms with van der Waals surface area (Å²) in [4.78, 5) is 24.8. The largest absolute Gasteiger partial charge is 0.491 e. The van der Waals surface area contributed by atoms with Crippen molar-refractivity contribution in [1.82, 2.24) is 24.2 Å². The molecule has 0 spiro atoms. The van der Waals surface area contributed by atoms with E-state index in [1.54, 1.807) is 51.6 Å². The maximum Gasteiger partial charge on any atom is 0.462 e. The molecule has 0 saturated carbocycles. The molecule has 4 rings (SSSR count). The van der Waals surface area contributed by atoms with Crippen LogP contribution in [0.4, 0.5) is 5.95 Å². The molecule has 4 atom stereocenters. The van der Waals surface area contributed by atoms with Gasteiger partial charge in [0.2, 0.25) is 11.8 Å². The third-order valence-electron chi connectivity index (χ3n) is 6.71. The molecule has 2 heterocycles. The number of nitrogens with zero attached hydrogens (tertiary/aromatic N) is 5. The zero-order valence-electron chi connectivity index (χ0n) is 24.2. The quantitative estimate of drug-likeness (QED) is 0.145. The first-order chi connectivity index (χ1) is 20.1. The van der Waals surface area contributed by atoms with Gasteiger partial charge >= 0.3 is 13.7 Å². The van der Waals surface area contributed by atoms with Gasteiger partial charge in [0.25, 0.3) is 0 Å². The molecule has 0 radical (unpaired) electrons. The van der Waals surface area contributed by atoms with E-state index in [9.17, 15) is 14.5 Å². The average Bonchev–Trinajstić information content (AvgIpc) is 3.58. The lowest BCUT2D eigenvalue weighted by atomic mass is 10.1. The van der Waals surface area contributed by atoms with E-state index < -0.39 is 25.8 Å². The molecule has 3 N–H and O–H groups in total. The van der Waals surface area contributed by atoms with E-state index >= 15 is 0 Å². The van der Waals surface area contributed by atoms with Crippen LogP contribution in [0.1, 0.15) is 33.2 Å². The highest BCUT2D eigenvalue weighted by Gasteiger charge is 2.44. The van der Waals surface area contributed by atoms with Gasteiger partial charge in [-0.1, -0.05) is 18.2 Å². The Labute approximate surface area is 244 Å². The lowest BCUT2D eigenvalue weighted by Gasteiger charge is -2.35. The van der Waals surface area contributed by atoms with Crippen molar-refractivity contribution in [3.05, 3.63) is 42.7 Å². The van der Waals surface area contributed by atoms with Crippen molar-refractivity contribution in [2.45, 2.75) is 45.3 Å². The lowest BCUT2D eigenvalue weighted by Crippen LogP contribution is -2.42. The van der Waals surface area contributed by atoms with Crippen molar-refractivity contribution in [3.63, 3.8) is 0 Å². The van der Waals surface area contributed by atoms with Crippen LogP contribution in [0.15, 0.2) is 42.7 Å². The number of fused-ring (bicyclic) bond motifs is 1. The minimum atomic E-state index is -4.19. The first-order valence-corrected chi connectivity index (χ1v) is 15.0. The Hall–Kier alpha value is -3.71. The molecule has 1 aliphatic rings. The third-order valence-corrected chi connectivity index (χ3v) is 9.00. The fourth-order valence-corrected chi connectivity index (χ4v) is 6.89. The van der Waals surface area contributed by atoms with Gasteiger partial charge in [-0.15, -0.1) is 0 Å². The number of hydrogen-bond acceptors (Lipinski definition) is 11. The van der Waals surface area contributed by atoms with Gasteiger partial charge in [-0.3, -0.25) is 9.32 Å². The van der Waals surface area contributed by atoms with Crippen LogP contribution in [0.5, 0.6) is 17.4 Å². The van der Waals surface area contributed by atoms with E-state index in [2.05, 4.69) is 15.0 Å². The Bertz CT molecular complexity index is 1460. The summed E-state index contributed by atoms with van der Waals surface area (Å²) in [6, 6.07) is 4.84. The Balaban J connectivity index is 1.54. The number of methoxy groups -OCH3 is 2. The van der Waals surface area contributed by atoms with Gasteiger partial charge in [0, 0.05) is 25.1 Å². The number of aliphatic carboxylic acids is 1. The highest BCUT2D eigenvalue weighted by atomic mass is 31.2.